The monoisotopic (exact) mass is 323 g/mol. The van der Waals surface area contributed by atoms with E-state index in [2.05, 4.69) is 44.8 Å². The number of nitrogens with one attached hydrogen (secondary N) is 1. The molecular formula is C16H25N3S2. The van der Waals surface area contributed by atoms with Crippen LogP contribution in [0, 0.1) is 0 Å². The molecule has 0 radical (unpaired) electrons. The Morgan fingerprint density at radius 2 is 2.10 bits per heavy atom. The van der Waals surface area contributed by atoms with Crippen LogP contribution >= 0.6 is 23.5 Å². The van der Waals surface area contributed by atoms with Crippen LogP contribution in [-0.2, 0) is 6.54 Å². The van der Waals surface area contributed by atoms with Crippen molar-refractivity contribution in [2.45, 2.75) is 31.5 Å². The van der Waals surface area contributed by atoms with Gasteiger partial charge in [-0.3, -0.25) is 9.88 Å². The fraction of sp³-hybridized carbons (Fsp3) is 0.688. The van der Waals surface area contributed by atoms with Crippen molar-refractivity contribution in [3.63, 3.8) is 0 Å². The fourth-order valence-electron chi connectivity index (χ4n) is 3.13. The van der Waals surface area contributed by atoms with Crippen LogP contribution < -0.4 is 5.32 Å². The Morgan fingerprint density at radius 3 is 2.86 bits per heavy atom. The summed E-state index contributed by atoms with van der Waals surface area (Å²) in [5.41, 5.74) is 1.33. The number of hydrogen-bond donors (Lipinski definition) is 1. The highest BCUT2D eigenvalue weighted by molar-refractivity contribution is 8.03. The minimum Gasteiger partial charge on any atom is -0.308 e. The molecule has 116 valence electrons. The van der Waals surface area contributed by atoms with Crippen molar-refractivity contribution in [3.8, 4) is 0 Å². The number of aromatic nitrogens is 1. The Labute approximate surface area is 136 Å². The normalized spacial score (nSPS) is 25.6. The summed E-state index contributed by atoms with van der Waals surface area (Å²) in [6.07, 6.45) is 6.49. The average molecular weight is 324 g/mol. The first-order chi connectivity index (χ1) is 10.4. The summed E-state index contributed by atoms with van der Waals surface area (Å²) in [6, 6.07) is 5.59. The standard InChI is InChI=1S/C16H25N3S2/c1-3-14(9-17-5-1)10-19-6-2-4-15(11-19)18-16-12-20-7-8-21-13-16/h1,3,5,9,15-16,18H,2,4,6-8,10-13H2. The molecule has 1 N–H and O–H groups in total. The molecule has 3 rings (SSSR count). The van der Waals surface area contributed by atoms with E-state index in [-0.39, 0.29) is 0 Å². The van der Waals surface area contributed by atoms with Gasteiger partial charge in [0.25, 0.3) is 0 Å². The lowest BCUT2D eigenvalue weighted by Crippen LogP contribution is -2.50. The summed E-state index contributed by atoms with van der Waals surface area (Å²) in [6.45, 7) is 3.45. The number of piperidine rings is 1. The molecule has 0 aliphatic carbocycles. The van der Waals surface area contributed by atoms with Crippen molar-refractivity contribution in [2.24, 2.45) is 0 Å². The van der Waals surface area contributed by atoms with E-state index in [1.165, 1.54) is 54.5 Å². The molecule has 1 unspecified atom stereocenters. The summed E-state index contributed by atoms with van der Waals surface area (Å²) in [5.74, 6) is 5.21. The third-order valence-electron chi connectivity index (χ3n) is 4.12. The molecule has 21 heavy (non-hydrogen) atoms. The molecule has 1 aromatic rings. The largest absolute Gasteiger partial charge is 0.308 e. The lowest BCUT2D eigenvalue weighted by Gasteiger charge is -2.35. The van der Waals surface area contributed by atoms with Gasteiger partial charge in [0.1, 0.15) is 0 Å². The maximum atomic E-state index is 4.23. The van der Waals surface area contributed by atoms with E-state index < -0.39 is 0 Å². The second-order valence-electron chi connectivity index (χ2n) is 5.95. The molecule has 5 heteroatoms. The van der Waals surface area contributed by atoms with Gasteiger partial charge in [-0.05, 0) is 31.0 Å². The summed E-state index contributed by atoms with van der Waals surface area (Å²) in [5, 5.41) is 3.91. The van der Waals surface area contributed by atoms with Gasteiger partial charge in [-0.15, -0.1) is 0 Å². The van der Waals surface area contributed by atoms with E-state index in [0.29, 0.717) is 12.1 Å². The minimum atomic E-state index is 0.666. The number of likely N-dealkylation sites (tertiary alicyclic amines) is 1. The van der Waals surface area contributed by atoms with Crippen LogP contribution in [0.5, 0.6) is 0 Å². The zero-order valence-electron chi connectivity index (χ0n) is 12.5. The Morgan fingerprint density at radius 1 is 1.24 bits per heavy atom. The third-order valence-corrected chi connectivity index (χ3v) is 6.64. The van der Waals surface area contributed by atoms with Gasteiger partial charge < -0.3 is 5.32 Å². The predicted molar refractivity (Wildman–Crippen MR) is 94.1 cm³/mol. The molecule has 0 bridgehead atoms. The van der Waals surface area contributed by atoms with Gasteiger partial charge >= 0.3 is 0 Å². The van der Waals surface area contributed by atoms with Crippen molar-refractivity contribution >= 4 is 23.5 Å². The first-order valence-electron chi connectivity index (χ1n) is 7.93. The molecule has 0 amide bonds. The minimum absolute atomic E-state index is 0.666. The van der Waals surface area contributed by atoms with Crippen LogP contribution in [0.4, 0.5) is 0 Å². The van der Waals surface area contributed by atoms with Crippen LogP contribution in [0.25, 0.3) is 0 Å². The van der Waals surface area contributed by atoms with Crippen LogP contribution in [0.3, 0.4) is 0 Å². The molecule has 2 aliphatic heterocycles. The number of thioether (sulfide) groups is 2. The molecule has 2 fully saturated rings. The maximum absolute atomic E-state index is 4.23. The highest BCUT2D eigenvalue weighted by atomic mass is 32.2. The lowest BCUT2D eigenvalue weighted by molar-refractivity contribution is 0.179. The highest BCUT2D eigenvalue weighted by Crippen LogP contribution is 2.19. The van der Waals surface area contributed by atoms with Crippen LogP contribution in [0.1, 0.15) is 18.4 Å². The molecule has 3 heterocycles. The molecular weight excluding hydrogens is 298 g/mol. The quantitative estimate of drug-likeness (QED) is 0.919. The molecule has 0 saturated carbocycles. The van der Waals surface area contributed by atoms with Crippen molar-refractivity contribution in [3.05, 3.63) is 30.1 Å². The smallest absolute Gasteiger partial charge is 0.0312 e. The first-order valence-corrected chi connectivity index (χ1v) is 10.2. The molecule has 1 aromatic heterocycles. The summed E-state index contributed by atoms with van der Waals surface area (Å²) in [4.78, 5) is 6.80. The van der Waals surface area contributed by atoms with E-state index in [0.717, 1.165) is 6.54 Å². The second-order valence-corrected chi connectivity index (χ2v) is 8.25. The van der Waals surface area contributed by atoms with E-state index >= 15 is 0 Å². The summed E-state index contributed by atoms with van der Waals surface area (Å²) < 4.78 is 0. The van der Waals surface area contributed by atoms with Gasteiger partial charge in [0.05, 0.1) is 0 Å². The zero-order valence-corrected chi connectivity index (χ0v) is 14.2. The Balaban J connectivity index is 1.48. The zero-order chi connectivity index (χ0) is 14.3. The number of pyridine rings is 1. The SMILES string of the molecule is c1cncc(CN2CCCC(NC3CSCCSC3)C2)c1. The van der Waals surface area contributed by atoms with Gasteiger partial charge in [-0.25, -0.2) is 0 Å². The molecule has 2 saturated heterocycles. The third kappa shape index (κ3) is 5.16. The summed E-state index contributed by atoms with van der Waals surface area (Å²) >= 11 is 4.22. The average Bonchev–Trinajstić information content (AvgIpc) is 2.77. The Hall–Kier alpha value is -0.230. The van der Waals surface area contributed by atoms with Crippen molar-refractivity contribution in [2.75, 3.05) is 36.1 Å². The van der Waals surface area contributed by atoms with Crippen LogP contribution in [0.2, 0.25) is 0 Å². The van der Waals surface area contributed by atoms with E-state index in [1.807, 2.05) is 18.5 Å². The molecule has 2 aliphatic rings. The number of hydrogen-bond acceptors (Lipinski definition) is 5. The van der Waals surface area contributed by atoms with Gasteiger partial charge in [0.15, 0.2) is 0 Å². The maximum Gasteiger partial charge on any atom is 0.0312 e. The molecule has 0 spiro atoms. The van der Waals surface area contributed by atoms with Crippen LogP contribution in [0.15, 0.2) is 24.5 Å². The highest BCUT2D eigenvalue weighted by Gasteiger charge is 2.23. The first kappa shape index (κ1) is 15.7. The fourth-order valence-corrected chi connectivity index (χ4v) is 5.55. The second kappa shape index (κ2) is 8.42. The van der Waals surface area contributed by atoms with Crippen LogP contribution in [-0.4, -0.2) is 58.1 Å². The Bertz CT molecular complexity index is 407. The predicted octanol–water partition coefficient (Wildman–Crippen LogP) is 2.48. The van der Waals surface area contributed by atoms with Gasteiger partial charge in [0.2, 0.25) is 0 Å². The topological polar surface area (TPSA) is 28.2 Å². The lowest BCUT2D eigenvalue weighted by atomic mass is 10.0. The van der Waals surface area contributed by atoms with Crippen molar-refractivity contribution in [1.29, 1.82) is 0 Å². The summed E-state index contributed by atoms with van der Waals surface area (Å²) in [7, 11) is 0. The van der Waals surface area contributed by atoms with E-state index in [9.17, 15) is 0 Å². The number of nitrogens with zero attached hydrogens (tertiary/aromatic N) is 2. The Kier molecular flexibility index (Phi) is 6.27. The van der Waals surface area contributed by atoms with Gasteiger partial charge in [-0.1, -0.05) is 6.07 Å². The van der Waals surface area contributed by atoms with E-state index in [4.69, 9.17) is 0 Å². The van der Waals surface area contributed by atoms with Crippen molar-refractivity contribution < 1.29 is 0 Å². The van der Waals surface area contributed by atoms with E-state index in [1.54, 1.807) is 0 Å². The molecule has 1 atom stereocenters. The van der Waals surface area contributed by atoms with Gasteiger partial charge in [-0.2, -0.15) is 23.5 Å². The van der Waals surface area contributed by atoms with Crippen molar-refractivity contribution in [1.82, 2.24) is 15.2 Å². The number of rotatable bonds is 4. The molecule has 0 aromatic carbocycles. The molecule has 3 nitrogen and oxygen atoms in total. The van der Waals surface area contributed by atoms with Gasteiger partial charge in [0, 0.05) is 60.6 Å².